The Hall–Kier alpha value is -17.6. The third-order valence-electron chi connectivity index (χ3n) is 24.6. The molecule has 0 spiro atoms. The number of hydrogen-bond donors (Lipinski definition) is 13. The summed E-state index contributed by atoms with van der Waals surface area (Å²) in [5.74, 6) is -4.21. The number of aliphatic hydroxyl groups is 2. The van der Waals surface area contributed by atoms with Crippen molar-refractivity contribution in [3.63, 3.8) is 0 Å². The number of rotatable bonds is 24. The molecule has 150 heavy (non-hydrogen) atoms. The lowest BCUT2D eigenvalue weighted by Crippen LogP contribution is -2.43. The number of aromatic amines is 1. The number of aliphatic hydroxyl groups excluding tert-OH is 2. The van der Waals surface area contributed by atoms with Crippen LogP contribution in [0.5, 0.6) is 11.5 Å². The number of ether oxygens (including phenoxy) is 2. The highest BCUT2D eigenvalue weighted by Crippen LogP contribution is 2.33. The van der Waals surface area contributed by atoms with Crippen molar-refractivity contribution < 1.29 is 96.8 Å². The molecule has 19 rings (SSSR count). The van der Waals surface area contributed by atoms with E-state index in [2.05, 4.69) is 35.5 Å². The van der Waals surface area contributed by atoms with Crippen LogP contribution in [-0.2, 0) is 43.6 Å². The van der Waals surface area contributed by atoms with Crippen LogP contribution in [0.25, 0.3) is 65.3 Å². The van der Waals surface area contributed by atoms with Gasteiger partial charge >= 0.3 is 6.18 Å². The lowest BCUT2D eigenvalue weighted by atomic mass is 9.95. The van der Waals surface area contributed by atoms with E-state index in [0.29, 0.717) is 79.5 Å². The topological polar surface area (TPSA) is 532 Å². The maximum absolute atomic E-state index is 13.0. The van der Waals surface area contributed by atoms with Crippen LogP contribution in [0.3, 0.4) is 0 Å². The summed E-state index contributed by atoms with van der Waals surface area (Å²) < 4.78 is 54.9. The Kier molecular flexibility index (Phi) is 36.4. The fraction of sp³-hybridized carbons (Fsp3) is 0.194. The van der Waals surface area contributed by atoms with Crippen LogP contribution in [0.1, 0.15) is 138 Å². The summed E-state index contributed by atoms with van der Waals surface area (Å²) in [5.41, 5.74) is 11.0. The fourth-order valence-electron chi connectivity index (χ4n) is 16.7. The monoisotopic (exact) mass is 2060 g/mol. The number of imide groups is 1. The van der Waals surface area contributed by atoms with Crippen LogP contribution in [0.2, 0.25) is 5.02 Å². The minimum atomic E-state index is -4.46. The van der Waals surface area contributed by atoms with Gasteiger partial charge in [0.2, 0.25) is 5.91 Å². The first kappa shape index (κ1) is 108. The van der Waals surface area contributed by atoms with E-state index in [-0.39, 0.29) is 98.1 Å². The second-order valence-electron chi connectivity index (χ2n) is 34.4. The van der Waals surface area contributed by atoms with E-state index in [0.717, 1.165) is 102 Å². The van der Waals surface area contributed by atoms with Gasteiger partial charge in [-0.3, -0.25) is 97.5 Å². The van der Waals surface area contributed by atoms with Gasteiger partial charge in [0.05, 0.1) is 78.2 Å². The number of carbonyl (C=O) groups is 9. The number of anilines is 1. The standard InChI is InChI=1S/C24H20N2O4.C20H16F3NO4.C17H21N3O3.C16H11ClN2O4.C16H13N3O3.C15H17N5O4/c1-30-20-7-3-6-18(11-20)17-5-2-4-16(10-17)13-26-15-25-22-9-8-19(23(28)14-27)12-21(22)24(26)29;21-20(22,23)15-2-1-3-16(11-15)28-9-8-24-7-6-13-4-5-14(18(26)12-25)10-17(13)19(24)27;21-16(18-23)14-5-4-13-6-9-20(17(22)15(13)12-14)11-10-19-7-2-1-3-8-19;17-11-2-4-12(5-3-11)19-14(20)8-10-7-9(15(21)18-23)1-6-13(10)16(19)22;20-15(18-22)12-5-4-11-6-8-19(16(21)14(11)9-12)10-13-3-1-2-7-17-13;21-13(20-24)8-1-2-10-11(7-8)18-12(19-14(10)22)15(23)17-9-3-5-16-6-4-9/h2-12,15,27H,13-14H2,1H3;1-7,10-11,25H,8-9,12H2;4-6,9,12,23H,1-3,7-8,10-11H2,(H,18,21);1-7,23H,8H2,(H,18,21);1-9,22H,10H2,(H,18,20);1-2,7,9,16,24H,3-6H2,(H,17,23)(H,20,21)(H,18,19,22). The first-order valence-corrected chi connectivity index (χ1v) is 47.1. The average Bonchev–Trinajstić information content (AvgIpc) is 0.776. The molecule has 7 amide bonds. The summed E-state index contributed by atoms with van der Waals surface area (Å²) in [6.45, 7) is 4.90. The normalized spacial score (nSPS) is 12.8. The van der Waals surface area contributed by atoms with Crippen molar-refractivity contribution in [3.8, 4) is 22.6 Å². The van der Waals surface area contributed by atoms with Gasteiger partial charge in [0.25, 0.3) is 63.2 Å². The highest BCUT2D eigenvalue weighted by molar-refractivity contribution is 6.31. The van der Waals surface area contributed by atoms with Crippen molar-refractivity contribution in [1.29, 1.82) is 0 Å². The number of piperidine rings is 2. The molecule has 13 N–H and O–H groups in total. The largest absolute Gasteiger partial charge is 0.497 e. The number of H-pyrrole nitrogens is 1. The molecular weight excluding hydrogens is 1970 g/mol. The number of hydrogen-bond acceptors (Lipinski definition) is 27. The number of aromatic nitrogens is 8. The smallest absolute Gasteiger partial charge is 0.416 e. The van der Waals surface area contributed by atoms with Crippen molar-refractivity contribution in [2.75, 3.05) is 64.6 Å². The molecule has 0 unspecified atom stereocenters. The molecule has 0 atom stereocenters. The molecule has 6 aromatic heterocycles. The number of Topliss-reactive ketones (excluding diaryl/α,β-unsaturated/α-hetero) is 2. The second kappa shape index (κ2) is 50.5. The van der Waals surface area contributed by atoms with Crippen molar-refractivity contribution in [3.05, 3.63) is 398 Å². The van der Waals surface area contributed by atoms with Gasteiger partial charge in [0.15, 0.2) is 17.4 Å². The maximum Gasteiger partial charge on any atom is 0.416 e. The number of nitrogens with one attached hydrogen (secondary N) is 7. The molecule has 0 saturated carbocycles. The van der Waals surface area contributed by atoms with Gasteiger partial charge in [-0.05, 0) is 266 Å². The first-order valence-electron chi connectivity index (χ1n) is 46.8. The summed E-state index contributed by atoms with van der Waals surface area (Å²) >= 11 is 5.82. The number of hydroxylamine groups is 4. The van der Waals surface area contributed by atoms with Crippen LogP contribution in [0.15, 0.2) is 298 Å². The number of nitrogens with zero attached hydrogens (tertiary/aromatic N) is 9. The van der Waals surface area contributed by atoms with Gasteiger partial charge in [-0.15, -0.1) is 0 Å². The Labute approximate surface area is 854 Å². The van der Waals surface area contributed by atoms with E-state index in [9.17, 15) is 80.3 Å². The van der Waals surface area contributed by atoms with E-state index < -0.39 is 83.4 Å². The molecule has 0 aliphatic carbocycles. The van der Waals surface area contributed by atoms with Crippen molar-refractivity contribution in [2.45, 2.75) is 76.9 Å². The summed E-state index contributed by atoms with van der Waals surface area (Å²) in [7, 11) is 1.63. The maximum atomic E-state index is 13.0. The molecule has 38 nitrogen and oxygen atoms in total. The molecule has 0 radical (unpaired) electrons. The van der Waals surface area contributed by atoms with Gasteiger partial charge < -0.3 is 53.9 Å². The van der Waals surface area contributed by atoms with E-state index in [1.165, 1.54) is 129 Å². The van der Waals surface area contributed by atoms with Crippen molar-refractivity contribution in [1.82, 2.24) is 75.7 Å². The number of likely N-dealkylation sites (tertiary alicyclic amines) is 1. The second-order valence-corrected chi connectivity index (χ2v) is 34.8. The molecule has 3 aliphatic rings. The van der Waals surface area contributed by atoms with Crippen LogP contribution in [-0.4, -0.2) is 193 Å². The SMILES string of the molecule is COc1cccc(-c2cccc(Cn3cnc4ccc(C(=O)CO)cc4c3=O)c2)c1.O=C(CO)c1ccc2ccn(CCOc3cccc(C(F)(F)F)c3)c(=O)c2c1.O=C(NO)c1ccc2c(=O)[nH]c(C(=O)NC3CCNCC3)nc2c1.O=C(NO)c1ccc2c(c1)CC(=O)N(c1ccc(Cl)cc1)C2=O.O=C(NO)c1ccc2ccn(CCN3CCCCC3)c(=O)c2c1.O=C(NO)c1ccc2ccn(Cc3ccccn3)c(=O)c2c1. The highest BCUT2D eigenvalue weighted by Gasteiger charge is 2.34. The molecule has 16 aromatic rings. The minimum absolute atomic E-state index is 0.0119. The summed E-state index contributed by atoms with van der Waals surface area (Å²) in [6.07, 6.45) is 9.13. The van der Waals surface area contributed by atoms with Gasteiger partial charge in [-0.2, -0.15) is 13.2 Å². The predicted molar refractivity (Wildman–Crippen MR) is 548 cm³/mol. The van der Waals surface area contributed by atoms with Gasteiger partial charge in [0.1, 0.15) is 31.3 Å². The number of halogens is 4. The summed E-state index contributed by atoms with van der Waals surface area (Å²) in [5, 5.41) is 63.3. The quantitative estimate of drug-likeness (QED) is 0.0116. The number of pyridine rings is 4. The molecule has 2 fully saturated rings. The Morgan fingerprint density at radius 1 is 0.480 bits per heavy atom. The summed E-state index contributed by atoms with van der Waals surface area (Å²) in [6, 6.07) is 64.8. The first-order chi connectivity index (χ1) is 72.3. The lowest BCUT2D eigenvalue weighted by molar-refractivity contribution is -0.137. The van der Waals surface area contributed by atoms with Crippen molar-refractivity contribution >= 4 is 124 Å². The van der Waals surface area contributed by atoms with E-state index in [4.69, 9.17) is 52.1 Å². The van der Waals surface area contributed by atoms with Crippen LogP contribution >= 0.6 is 11.6 Å². The molecule has 3 aliphatic heterocycles. The zero-order valence-electron chi connectivity index (χ0n) is 80.0. The highest BCUT2D eigenvalue weighted by atomic mass is 35.5. The van der Waals surface area contributed by atoms with E-state index in [1.807, 2.05) is 72.8 Å². The summed E-state index contributed by atoms with van der Waals surface area (Å²) in [4.78, 5) is 188. The lowest BCUT2D eigenvalue weighted by Gasteiger charge is -2.27. The number of fused-ring (bicyclic) bond motifs is 6. The zero-order valence-corrected chi connectivity index (χ0v) is 80.8. The Morgan fingerprint density at radius 3 is 1.61 bits per heavy atom. The number of benzene rings is 10. The molecule has 9 heterocycles. The average molecular weight is 2060 g/mol. The number of methoxy groups -OCH3 is 1. The van der Waals surface area contributed by atoms with Gasteiger partial charge in [-0.1, -0.05) is 84.8 Å². The van der Waals surface area contributed by atoms with E-state index >= 15 is 0 Å². The molecule has 2 saturated heterocycles. The Bertz CT molecular complexity index is 8100. The van der Waals surface area contributed by atoms with E-state index in [1.54, 1.807) is 126 Å². The third-order valence-corrected chi connectivity index (χ3v) is 24.8. The molecule has 770 valence electrons. The molecular formula is C108H98ClF3N16O22. The number of amides is 7. The van der Waals surface area contributed by atoms with Gasteiger partial charge in [-0.25, -0.2) is 36.8 Å². The third kappa shape index (κ3) is 27.2. The molecule has 10 aromatic carbocycles. The Morgan fingerprint density at radius 2 is 1.01 bits per heavy atom. The van der Waals surface area contributed by atoms with Crippen LogP contribution in [0.4, 0.5) is 18.9 Å². The number of carbonyl (C=O) groups excluding carboxylic acids is 9. The predicted octanol–water partition coefficient (Wildman–Crippen LogP) is 11.5. The zero-order chi connectivity index (χ0) is 107. The van der Waals surface area contributed by atoms with Crippen molar-refractivity contribution in [2.24, 2.45) is 0 Å². The fourth-order valence-corrected chi connectivity index (χ4v) is 16.8. The molecule has 0 bridgehead atoms. The molecule has 42 heteroatoms. The van der Waals surface area contributed by atoms with Crippen LogP contribution < -0.4 is 74.7 Å². The number of alkyl halides is 3. The van der Waals surface area contributed by atoms with Gasteiger partial charge in [0, 0.05) is 104 Å². The Balaban J connectivity index is 0.000000142. The number of ketones is 2. The minimum Gasteiger partial charge on any atom is -0.497 e. The van der Waals surface area contributed by atoms with Crippen LogP contribution in [0, 0.1) is 0 Å².